The Labute approximate surface area is 172 Å². The molecule has 168 valence electrons. The summed E-state index contributed by atoms with van der Waals surface area (Å²) in [5.74, 6) is -0.576. The number of hydrogen-bond acceptors (Lipinski definition) is 5. The van der Waals surface area contributed by atoms with Gasteiger partial charge in [-0.25, -0.2) is 0 Å². The van der Waals surface area contributed by atoms with Crippen LogP contribution in [0.5, 0.6) is 0 Å². The van der Waals surface area contributed by atoms with E-state index in [1.165, 1.54) is 84.1 Å². The van der Waals surface area contributed by atoms with Crippen molar-refractivity contribution in [3.05, 3.63) is 0 Å². The van der Waals surface area contributed by atoms with Crippen molar-refractivity contribution >= 4 is 16.1 Å². The Bertz CT molecular complexity index is 467. The van der Waals surface area contributed by atoms with Gasteiger partial charge in [0, 0.05) is 13.0 Å². The minimum Gasteiger partial charge on any atom is -0.442 e. The van der Waals surface area contributed by atoms with Crippen LogP contribution in [0.15, 0.2) is 0 Å². The van der Waals surface area contributed by atoms with Gasteiger partial charge < -0.3 is 10.1 Å². The Morgan fingerprint density at radius 3 is 1.57 bits per heavy atom. The first-order chi connectivity index (χ1) is 13.4. The van der Waals surface area contributed by atoms with E-state index in [0.717, 1.165) is 12.8 Å². The summed E-state index contributed by atoms with van der Waals surface area (Å²) in [6.45, 7) is 2.13. The molecule has 0 aliphatic heterocycles. The molecule has 1 unspecified atom stereocenters. The van der Waals surface area contributed by atoms with Gasteiger partial charge in [-0.3, -0.25) is 9.35 Å². The van der Waals surface area contributed by atoms with E-state index >= 15 is 0 Å². The molecule has 0 saturated heterocycles. The molecule has 0 aromatic carbocycles. The predicted molar refractivity (Wildman–Crippen MR) is 115 cm³/mol. The summed E-state index contributed by atoms with van der Waals surface area (Å²) in [5.41, 5.74) is -1.53. The van der Waals surface area contributed by atoms with Gasteiger partial charge in [0.25, 0.3) is 0 Å². The van der Waals surface area contributed by atoms with Crippen molar-refractivity contribution in [2.24, 2.45) is 0 Å². The zero-order valence-corrected chi connectivity index (χ0v) is 18.9. The van der Waals surface area contributed by atoms with Crippen LogP contribution >= 0.6 is 0 Å². The molecule has 0 aliphatic carbocycles. The van der Waals surface area contributed by atoms with Crippen molar-refractivity contribution in [1.29, 1.82) is 0 Å². The lowest BCUT2D eigenvalue weighted by Crippen LogP contribution is -2.35. The molecule has 0 spiro atoms. The summed E-state index contributed by atoms with van der Waals surface area (Å²) < 4.78 is 36.1. The highest BCUT2D eigenvalue weighted by Gasteiger charge is 2.26. The number of nitrogens with one attached hydrogen (secondary N) is 1. The Kier molecular flexibility index (Phi) is 17.9. The van der Waals surface area contributed by atoms with Gasteiger partial charge in [0.1, 0.15) is 0 Å². The monoisotopic (exact) mass is 421 g/mol. The molecule has 0 bridgehead atoms. The normalized spacial score (nSPS) is 12.8. The fourth-order valence-electron chi connectivity index (χ4n) is 3.22. The fourth-order valence-corrected chi connectivity index (χ4v) is 3.83. The molecule has 0 amide bonds. The fraction of sp³-hybridized carbons (Fsp3) is 0.952. The molecule has 6 nitrogen and oxygen atoms in total. The van der Waals surface area contributed by atoms with Crippen LogP contribution in [0.2, 0.25) is 0 Å². The molecular formula is C21H43NO5S. The third kappa shape index (κ3) is 17.4. The molecule has 0 aromatic heterocycles. The summed E-state index contributed by atoms with van der Waals surface area (Å²) >= 11 is 0. The second-order valence-corrected chi connectivity index (χ2v) is 9.25. The highest BCUT2D eigenvalue weighted by atomic mass is 32.2. The molecular weight excluding hydrogens is 378 g/mol. The summed E-state index contributed by atoms with van der Waals surface area (Å²) in [7, 11) is -2.86. The number of unbranched alkanes of at least 4 members (excludes halogenated alkanes) is 14. The highest BCUT2D eigenvalue weighted by molar-refractivity contribution is 7.86. The lowest BCUT2D eigenvalue weighted by molar-refractivity contribution is -0.145. The smallest absolute Gasteiger partial charge is 0.307 e. The van der Waals surface area contributed by atoms with Crippen LogP contribution < -0.4 is 5.32 Å². The van der Waals surface area contributed by atoms with E-state index in [2.05, 4.69) is 12.2 Å². The Morgan fingerprint density at radius 2 is 1.21 bits per heavy atom. The predicted octanol–water partition coefficient (Wildman–Crippen LogP) is 5.22. The van der Waals surface area contributed by atoms with E-state index in [0.29, 0.717) is 6.42 Å². The quantitative estimate of drug-likeness (QED) is 0.159. The zero-order chi connectivity index (χ0) is 21.1. The van der Waals surface area contributed by atoms with Crippen LogP contribution in [-0.2, 0) is 19.6 Å². The first-order valence-electron chi connectivity index (χ1n) is 11.2. The van der Waals surface area contributed by atoms with Crippen LogP contribution in [0, 0.1) is 0 Å². The van der Waals surface area contributed by atoms with Gasteiger partial charge in [0.05, 0.1) is 0 Å². The maximum absolute atomic E-state index is 11.7. The minimum atomic E-state index is -4.39. The molecule has 7 heteroatoms. The summed E-state index contributed by atoms with van der Waals surface area (Å²) in [6, 6.07) is 0. The Hall–Kier alpha value is -0.660. The standard InChI is InChI=1S/C21H43NO5S/c1-3-4-5-6-7-8-9-10-11-12-13-14-15-16-17-18-20(23)27-21(19-22-2)28(24,25)26/h21-22H,3-19H2,1-2H3,(H,24,25,26). The summed E-state index contributed by atoms with van der Waals surface area (Å²) in [5, 5.41) is 2.59. The molecule has 2 N–H and O–H groups in total. The van der Waals surface area contributed by atoms with Gasteiger partial charge in [-0.1, -0.05) is 96.8 Å². The molecule has 0 rings (SSSR count). The molecule has 0 fully saturated rings. The second-order valence-electron chi connectivity index (χ2n) is 7.69. The van der Waals surface area contributed by atoms with E-state index in [9.17, 15) is 13.2 Å². The van der Waals surface area contributed by atoms with Crippen molar-refractivity contribution in [3.63, 3.8) is 0 Å². The zero-order valence-electron chi connectivity index (χ0n) is 18.1. The van der Waals surface area contributed by atoms with Gasteiger partial charge >= 0.3 is 16.1 Å². The van der Waals surface area contributed by atoms with E-state index in [4.69, 9.17) is 9.29 Å². The van der Waals surface area contributed by atoms with E-state index < -0.39 is 21.5 Å². The van der Waals surface area contributed by atoms with Crippen LogP contribution in [0.3, 0.4) is 0 Å². The molecule has 28 heavy (non-hydrogen) atoms. The lowest BCUT2D eigenvalue weighted by Gasteiger charge is -2.14. The maximum atomic E-state index is 11.7. The van der Waals surface area contributed by atoms with E-state index in [1.807, 2.05) is 0 Å². The van der Waals surface area contributed by atoms with Crippen LogP contribution in [0.25, 0.3) is 0 Å². The Balaban J connectivity index is 3.44. The molecule has 0 heterocycles. The summed E-state index contributed by atoms with van der Waals surface area (Å²) in [4.78, 5) is 11.7. The van der Waals surface area contributed by atoms with Crippen molar-refractivity contribution in [3.8, 4) is 0 Å². The van der Waals surface area contributed by atoms with E-state index in [1.54, 1.807) is 0 Å². The van der Waals surface area contributed by atoms with Crippen LogP contribution in [0.4, 0.5) is 0 Å². The average molecular weight is 422 g/mol. The second kappa shape index (κ2) is 18.4. The Morgan fingerprint density at radius 1 is 0.821 bits per heavy atom. The molecule has 0 aliphatic rings. The van der Waals surface area contributed by atoms with E-state index in [-0.39, 0.29) is 13.0 Å². The highest BCUT2D eigenvalue weighted by Crippen LogP contribution is 2.14. The topological polar surface area (TPSA) is 92.7 Å². The number of hydrogen-bond donors (Lipinski definition) is 2. The average Bonchev–Trinajstić information content (AvgIpc) is 2.63. The number of carbonyl (C=O) groups excluding carboxylic acids is 1. The first kappa shape index (κ1) is 27.3. The van der Waals surface area contributed by atoms with Crippen LogP contribution in [0.1, 0.15) is 110 Å². The number of carbonyl (C=O) groups is 1. The van der Waals surface area contributed by atoms with Crippen molar-refractivity contribution in [1.82, 2.24) is 5.32 Å². The van der Waals surface area contributed by atoms with Gasteiger partial charge in [-0.2, -0.15) is 8.42 Å². The SMILES string of the molecule is CCCCCCCCCCCCCCCCCC(=O)OC(CNC)S(=O)(=O)O. The van der Waals surface area contributed by atoms with Gasteiger partial charge in [-0.15, -0.1) is 0 Å². The number of likely N-dealkylation sites (N-methyl/N-ethyl adjacent to an activating group) is 1. The molecule has 0 saturated carbocycles. The largest absolute Gasteiger partial charge is 0.442 e. The maximum Gasteiger partial charge on any atom is 0.307 e. The third-order valence-corrected chi connectivity index (χ3v) is 5.88. The van der Waals surface area contributed by atoms with Gasteiger partial charge in [-0.05, 0) is 13.5 Å². The summed E-state index contributed by atoms with van der Waals surface area (Å²) in [6.07, 6.45) is 18.9. The van der Waals surface area contributed by atoms with Crippen LogP contribution in [-0.4, -0.2) is 38.0 Å². The minimum absolute atomic E-state index is 0.122. The van der Waals surface area contributed by atoms with Crippen molar-refractivity contribution < 1.29 is 22.5 Å². The number of esters is 1. The first-order valence-corrected chi connectivity index (χ1v) is 12.7. The third-order valence-electron chi connectivity index (χ3n) is 4.95. The molecule has 1 atom stereocenters. The van der Waals surface area contributed by atoms with Crippen molar-refractivity contribution in [2.75, 3.05) is 13.6 Å². The number of ether oxygens (including phenoxy) is 1. The number of rotatable bonds is 20. The van der Waals surface area contributed by atoms with Gasteiger partial charge in [0.15, 0.2) is 0 Å². The lowest BCUT2D eigenvalue weighted by atomic mass is 10.0. The molecule has 0 radical (unpaired) electrons. The molecule has 0 aromatic rings. The van der Waals surface area contributed by atoms with Crippen molar-refractivity contribution in [2.45, 2.75) is 115 Å². The van der Waals surface area contributed by atoms with Gasteiger partial charge in [0.2, 0.25) is 5.44 Å².